The summed E-state index contributed by atoms with van der Waals surface area (Å²) in [5.41, 5.74) is 1.68. The zero-order valence-electron chi connectivity index (χ0n) is 12.8. The molecule has 3 aliphatic heterocycles. The van der Waals surface area contributed by atoms with E-state index in [1.54, 1.807) is 6.20 Å². The van der Waals surface area contributed by atoms with Crippen LogP contribution in [0.1, 0.15) is 47.7 Å². The van der Waals surface area contributed by atoms with E-state index in [-0.39, 0.29) is 11.8 Å². The molecule has 3 saturated heterocycles. The molecule has 3 atom stereocenters. The van der Waals surface area contributed by atoms with Crippen LogP contribution in [0.25, 0.3) is 0 Å². The fourth-order valence-corrected chi connectivity index (χ4v) is 3.98. The monoisotopic (exact) mass is 305 g/mol. The number of hydrogen-bond acceptors (Lipinski definition) is 4. The number of carbonyl (C=O) groups excluding carboxylic acids is 1. The number of fused-ring (bicyclic) bond motifs is 1. The van der Waals surface area contributed by atoms with Crippen LogP contribution in [0.4, 0.5) is 0 Å². The standard InChI is InChI=1S/C16H23N3O3/c20-16(13-8-17-18-15(13)12-4-7-21-10-12)19-5-3-14-11(9-19)2-1-6-22-14/h8,11-12,14H,1-7,9-10H2,(H,17,18)/t11-,12-,14-/m1/s1. The maximum absolute atomic E-state index is 12.9. The fraction of sp³-hybridized carbons (Fsp3) is 0.750. The van der Waals surface area contributed by atoms with Crippen molar-refractivity contribution in [3.8, 4) is 0 Å². The maximum atomic E-state index is 12.9. The lowest BCUT2D eigenvalue weighted by Crippen LogP contribution is -2.48. The van der Waals surface area contributed by atoms with Gasteiger partial charge in [0.15, 0.2) is 0 Å². The molecule has 1 N–H and O–H groups in total. The number of H-pyrrole nitrogens is 1. The van der Waals surface area contributed by atoms with Crippen LogP contribution in [0.3, 0.4) is 0 Å². The molecule has 3 fully saturated rings. The Balaban J connectivity index is 1.49. The molecule has 0 aliphatic carbocycles. The third kappa shape index (κ3) is 2.54. The molecule has 6 heteroatoms. The summed E-state index contributed by atoms with van der Waals surface area (Å²) in [6.07, 6.45) is 6.23. The number of aromatic amines is 1. The van der Waals surface area contributed by atoms with Gasteiger partial charge in [0.1, 0.15) is 0 Å². The van der Waals surface area contributed by atoms with Crippen LogP contribution >= 0.6 is 0 Å². The maximum Gasteiger partial charge on any atom is 0.257 e. The molecule has 1 aromatic rings. The molecule has 6 nitrogen and oxygen atoms in total. The van der Waals surface area contributed by atoms with E-state index in [0.29, 0.717) is 18.6 Å². The zero-order chi connectivity index (χ0) is 14.9. The Bertz CT molecular complexity index is 538. The number of nitrogens with zero attached hydrogens (tertiary/aromatic N) is 2. The Kier molecular flexibility index (Phi) is 3.88. The van der Waals surface area contributed by atoms with Crippen LogP contribution in [-0.2, 0) is 9.47 Å². The predicted molar refractivity (Wildman–Crippen MR) is 79.7 cm³/mol. The Morgan fingerprint density at radius 3 is 3.14 bits per heavy atom. The van der Waals surface area contributed by atoms with E-state index < -0.39 is 0 Å². The lowest BCUT2D eigenvalue weighted by molar-refractivity contribution is -0.0607. The van der Waals surface area contributed by atoms with E-state index in [4.69, 9.17) is 9.47 Å². The van der Waals surface area contributed by atoms with Gasteiger partial charge < -0.3 is 14.4 Å². The summed E-state index contributed by atoms with van der Waals surface area (Å²) in [5.74, 6) is 0.883. The average Bonchev–Trinajstić information content (AvgIpc) is 3.24. The Morgan fingerprint density at radius 1 is 1.32 bits per heavy atom. The lowest BCUT2D eigenvalue weighted by Gasteiger charge is -2.41. The van der Waals surface area contributed by atoms with Gasteiger partial charge in [0.2, 0.25) is 0 Å². The second-order valence-electron chi connectivity index (χ2n) is 6.61. The van der Waals surface area contributed by atoms with Crippen molar-refractivity contribution in [2.75, 3.05) is 32.9 Å². The molecule has 1 aromatic heterocycles. The number of likely N-dealkylation sites (tertiary alicyclic amines) is 1. The number of aromatic nitrogens is 2. The van der Waals surface area contributed by atoms with Crippen LogP contribution in [0.2, 0.25) is 0 Å². The normalized spacial score (nSPS) is 32.0. The molecule has 0 unspecified atom stereocenters. The fourth-order valence-electron chi connectivity index (χ4n) is 3.98. The highest BCUT2D eigenvalue weighted by Crippen LogP contribution is 2.31. The summed E-state index contributed by atoms with van der Waals surface area (Å²) in [5, 5.41) is 7.13. The van der Waals surface area contributed by atoms with Crippen molar-refractivity contribution in [1.82, 2.24) is 15.1 Å². The van der Waals surface area contributed by atoms with E-state index in [0.717, 1.165) is 56.8 Å². The smallest absolute Gasteiger partial charge is 0.257 e. The molecule has 0 bridgehead atoms. The van der Waals surface area contributed by atoms with Crippen molar-refractivity contribution >= 4 is 5.91 Å². The van der Waals surface area contributed by atoms with Crippen molar-refractivity contribution in [3.63, 3.8) is 0 Å². The van der Waals surface area contributed by atoms with Crippen molar-refractivity contribution in [3.05, 3.63) is 17.5 Å². The van der Waals surface area contributed by atoms with Crippen LogP contribution in [0.5, 0.6) is 0 Å². The quantitative estimate of drug-likeness (QED) is 0.900. The largest absolute Gasteiger partial charge is 0.381 e. The Morgan fingerprint density at radius 2 is 2.27 bits per heavy atom. The molecular formula is C16H23N3O3. The summed E-state index contributed by atoms with van der Waals surface area (Å²) in [4.78, 5) is 14.9. The van der Waals surface area contributed by atoms with Gasteiger partial charge in [0.25, 0.3) is 5.91 Å². The SMILES string of the molecule is O=C(c1cn[nH]c1[C@@H]1CCOC1)N1CC[C@H]2OCCC[C@@H]2C1. The highest BCUT2D eigenvalue weighted by Gasteiger charge is 2.35. The van der Waals surface area contributed by atoms with Gasteiger partial charge >= 0.3 is 0 Å². The van der Waals surface area contributed by atoms with E-state index in [1.807, 2.05) is 4.90 Å². The number of amides is 1. The van der Waals surface area contributed by atoms with E-state index in [9.17, 15) is 4.79 Å². The highest BCUT2D eigenvalue weighted by molar-refractivity contribution is 5.95. The Hall–Kier alpha value is -1.40. The number of nitrogens with one attached hydrogen (secondary N) is 1. The van der Waals surface area contributed by atoms with Gasteiger partial charge in [-0.1, -0.05) is 0 Å². The molecule has 3 aliphatic rings. The average molecular weight is 305 g/mol. The van der Waals surface area contributed by atoms with Crippen LogP contribution in [0.15, 0.2) is 6.20 Å². The van der Waals surface area contributed by atoms with Crippen molar-refractivity contribution < 1.29 is 14.3 Å². The van der Waals surface area contributed by atoms with E-state index in [1.165, 1.54) is 6.42 Å². The molecular weight excluding hydrogens is 282 g/mol. The highest BCUT2D eigenvalue weighted by atomic mass is 16.5. The summed E-state index contributed by atoms with van der Waals surface area (Å²) >= 11 is 0. The van der Waals surface area contributed by atoms with Crippen molar-refractivity contribution in [2.24, 2.45) is 5.92 Å². The topological polar surface area (TPSA) is 67.5 Å². The third-order valence-electron chi connectivity index (χ3n) is 5.24. The second kappa shape index (κ2) is 6.01. The minimum Gasteiger partial charge on any atom is -0.381 e. The third-order valence-corrected chi connectivity index (χ3v) is 5.24. The van der Waals surface area contributed by atoms with Gasteiger partial charge in [0.05, 0.1) is 30.2 Å². The van der Waals surface area contributed by atoms with E-state index >= 15 is 0 Å². The molecule has 4 heterocycles. The minimum absolute atomic E-state index is 0.111. The number of rotatable bonds is 2. The number of ether oxygens (including phenoxy) is 2. The van der Waals surface area contributed by atoms with Gasteiger partial charge in [-0.3, -0.25) is 9.89 Å². The summed E-state index contributed by atoms with van der Waals surface area (Å²) in [6, 6.07) is 0. The van der Waals surface area contributed by atoms with Crippen molar-refractivity contribution in [1.29, 1.82) is 0 Å². The minimum atomic E-state index is 0.111. The predicted octanol–water partition coefficient (Wildman–Crippen LogP) is 1.55. The molecule has 22 heavy (non-hydrogen) atoms. The van der Waals surface area contributed by atoms with Crippen LogP contribution in [-0.4, -0.2) is 60.0 Å². The lowest BCUT2D eigenvalue weighted by atomic mass is 9.88. The number of piperidine rings is 1. The first kappa shape index (κ1) is 14.2. The molecule has 4 rings (SSSR count). The molecule has 0 aromatic carbocycles. The van der Waals surface area contributed by atoms with Gasteiger partial charge in [0, 0.05) is 38.1 Å². The molecule has 0 saturated carbocycles. The summed E-state index contributed by atoms with van der Waals surface area (Å²) in [6.45, 7) is 3.92. The van der Waals surface area contributed by atoms with Crippen LogP contribution < -0.4 is 0 Å². The van der Waals surface area contributed by atoms with Gasteiger partial charge in [-0.05, 0) is 25.7 Å². The van der Waals surface area contributed by atoms with E-state index in [2.05, 4.69) is 10.2 Å². The zero-order valence-corrected chi connectivity index (χ0v) is 12.8. The summed E-state index contributed by atoms with van der Waals surface area (Å²) < 4.78 is 11.3. The van der Waals surface area contributed by atoms with Crippen LogP contribution in [0, 0.1) is 5.92 Å². The molecule has 0 radical (unpaired) electrons. The van der Waals surface area contributed by atoms with Gasteiger partial charge in [-0.2, -0.15) is 5.10 Å². The van der Waals surface area contributed by atoms with Gasteiger partial charge in [-0.25, -0.2) is 0 Å². The second-order valence-corrected chi connectivity index (χ2v) is 6.61. The first-order chi connectivity index (χ1) is 10.8. The molecule has 120 valence electrons. The summed E-state index contributed by atoms with van der Waals surface area (Å²) in [7, 11) is 0. The number of carbonyl (C=O) groups is 1. The molecule has 0 spiro atoms. The molecule has 1 amide bonds. The number of hydrogen-bond donors (Lipinski definition) is 1. The van der Waals surface area contributed by atoms with Crippen molar-refractivity contribution in [2.45, 2.75) is 37.7 Å². The Labute approximate surface area is 130 Å². The first-order valence-corrected chi connectivity index (χ1v) is 8.35. The van der Waals surface area contributed by atoms with Gasteiger partial charge in [-0.15, -0.1) is 0 Å². The first-order valence-electron chi connectivity index (χ1n) is 8.35.